The van der Waals surface area contributed by atoms with Crippen LogP contribution in [0.1, 0.15) is 16.8 Å². The average Bonchev–Trinajstić information content (AvgIpc) is 2.94. The van der Waals surface area contributed by atoms with Crippen molar-refractivity contribution in [2.45, 2.75) is 12.5 Å². The Morgan fingerprint density at radius 2 is 2.35 bits per heavy atom. The van der Waals surface area contributed by atoms with Crippen molar-refractivity contribution >= 4 is 17.3 Å². The molecule has 8 heteroatoms. The van der Waals surface area contributed by atoms with E-state index in [1.807, 2.05) is 0 Å². The summed E-state index contributed by atoms with van der Waals surface area (Å²) in [6.45, 7) is 0.960. The van der Waals surface area contributed by atoms with E-state index in [0.29, 0.717) is 18.8 Å². The number of carbonyl (C=O) groups excluding carboxylic acids is 1. The summed E-state index contributed by atoms with van der Waals surface area (Å²) in [4.78, 5) is 24.4. The number of nitro groups is 1. The van der Waals surface area contributed by atoms with Crippen LogP contribution >= 0.6 is 0 Å². The number of nitro benzene ring substituents is 1. The molecule has 0 radical (unpaired) electrons. The summed E-state index contributed by atoms with van der Waals surface area (Å²) in [5, 5.41) is 11.0. The summed E-state index contributed by atoms with van der Waals surface area (Å²) >= 11 is 0. The number of ether oxygens (including phenoxy) is 1. The number of carbonyl (C=O) groups is 1. The Hall–Kier alpha value is -2.19. The smallest absolute Gasteiger partial charge is 0.282 e. The summed E-state index contributed by atoms with van der Waals surface area (Å²) in [6, 6.07) is 4.11. The van der Waals surface area contributed by atoms with E-state index in [1.54, 1.807) is 12.0 Å². The summed E-state index contributed by atoms with van der Waals surface area (Å²) < 4.78 is 5.19. The van der Waals surface area contributed by atoms with Gasteiger partial charge < -0.3 is 15.1 Å². The summed E-state index contributed by atoms with van der Waals surface area (Å²) in [6.07, 6.45) is 0.707. The highest BCUT2D eigenvalue weighted by Crippen LogP contribution is 2.25. The van der Waals surface area contributed by atoms with E-state index in [1.165, 1.54) is 18.2 Å². The Bertz CT molecular complexity index is 534. The Morgan fingerprint density at radius 3 is 2.90 bits per heavy atom. The highest BCUT2D eigenvalue weighted by Gasteiger charge is 2.30. The van der Waals surface area contributed by atoms with Gasteiger partial charge in [-0.15, -0.1) is 0 Å². The molecule has 1 heterocycles. The number of anilines is 1. The molecule has 0 bridgehead atoms. The lowest BCUT2D eigenvalue weighted by molar-refractivity contribution is -0.385. The monoisotopic (exact) mass is 280 g/mol. The quantitative estimate of drug-likeness (QED) is 0.478. The third-order valence-electron chi connectivity index (χ3n) is 3.36. The number of likely N-dealkylation sites (tertiary alicyclic amines) is 1. The number of hydrazine groups is 1. The zero-order valence-electron chi connectivity index (χ0n) is 11.0. The van der Waals surface area contributed by atoms with E-state index in [2.05, 4.69) is 5.43 Å². The number of rotatable bonds is 4. The van der Waals surface area contributed by atoms with Gasteiger partial charge in [-0.05, 0) is 18.6 Å². The maximum Gasteiger partial charge on any atom is 0.282 e. The Kier molecular flexibility index (Phi) is 4.16. The lowest BCUT2D eigenvalue weighted by atomic mass is 10.1. The van der Waals surface area contributed by atoms with Crippen LogP contribution in [-0.2, 0) is 4.74 Å². The molecule has 1 saturated heterocycles. The van der Waals surface area contributed by atoms with Crippen molar-refractivity contribution in [3.63, 3.8) is 0 Å². The van der Waals surface area contributed by atoms with Crippen molar-refractivity contribution < 1.29 is 14.5 Å². The van der Waals surface area contributed by atoms with Crippen LogP contribution < -0.4 is 11.3 Å². The number of nitrogens with two attached hydrogens (primary N) is 1. The third-order valence-corrected chi connectivity index (χ3v) is 3.36. The van der Waals surface area contributed by atoms with Crippen LogP contribution in [0.25, 0.3) is 0 Å². The molecule has 20 heavy (non-hydrogen) atoms. The first-order valence-electron chi connectivity index (χ1n) is 6.14. The van der Waals surface area contributed by atoms with Crippen LogP contribution in [0.2, 0.25) is 0 Å². The van der Waals surface area contributed by atoms with Crippen molar-refractivity contribution in [1.29, 1.82) is 0 Å². The van der Waals surface area contributed by atoms with Gasteiger partial charge in [0.2, 0.25) is 0 Å². The number of methoxy groups -OCH3 is 1. The van der Waals surface area contributed by atoms with E-state index >= 15 is 0 Å². The van der Waals surface area contributed by atoms with Crippen LogP contribution in [-0.4, -0.2) is 42.0 Å². The largest absolute Gasteiger partial charge is 0.380 e. The summed E-state index contributed by atoms with van der Waals surface area (Å²) in [5.74, 6) is 4.90. The fourth-order valence-corrected chi connectivity index (χ4v) is 2.23. The van der Waals surface area contributed by atoms with Gasteiger partial charge in [0.15, 0.2) is 0 Å². The van der Waals surface area contributed by atoms with Crippen LogP contribution in [0.4, 0.5) is 11.4 Å². The van der Waals surface area contributed by atoms with E-state index < -0.39 is 4.92 Å². The molecular formula is C12H16N4O4. The number of nitrogens with zero attached hydrogens (tertiary/aromatic N) is 2. The lowest BCUT2D eigenvalue weighted by Gasteiger charge is -2.16. The summed E-state index contributed by atoms with van der Waals surface area (Å²) in [5.41, 5.74) is 2.63. The van der Waals surface area contributed by atoms with Gasteiger partial charge in [-0.2, -0.15) is 0 Å². The molecule has 1 aliphatic heterocycles. The minimum atomic E-state index is -0.572. The van der Waals surface area contributed by atoms with Gasteiger partial charge in [-0.1, -0.05) is 0 Å². The number of hydrogen-bond donors (Lipinski definition) is 2. The second kappa shape index (κ2) is 5.85. The predicted molar refractivity (Wildman–Crippen MR) is 72.2 cm³/mol. The van der Waals surface area contributed by atoms with Crippen LogP contribution in [0.3, 0.4) is 0 Å². The number of nitrogen functional groups attached to an aromatic ring is 1. The number of nitrogens with one attached hydrogen (secondary N) is 1. The molecule has 8 nitrogen and oxygen atoms in total. The molecule has 1 unspecified atom stereocenters. The van der Waals surface area contributed by atoms with Crippen LogP contribution in [0.15, 0.2) is 18.2 Å². The third kappa shape index (κ3) is 2.70. The highest BCUT2D eigenvalue weighted by molar-refractivity contribution is 5.99. The molecule has 3 N–H and O–H groups in total. The van der Waals surface area contributed by atoms with Gasteiger partial charge >= 0.3 is 0 Å². The maximum atomic E-state index is 12.4. The van der Waals surface area contributed by atoms with Gasteiger partial charge in [0.1, 0.15) is 5.56 Å². The first-order valence-corrected chi connectivity index (χ1v) is 6.14. The topological polar surface area (TPSA) is 111 Å². The van der Waals surface area contributed by atoms with Crippen LogP contribution in [0, 0.1) is 10.1 Å². The predicted octanol–water partition coefficient (Wildman–Crippen LogP) is 0.741. The Balaban J connectivity index is 2.30. The Morgan fingerprint density at radius 1 is 1.60 bits per heavy atom. The zero-order chi connectivity index (χ0) is 14.7. The van der Waals surface area contributed by atoms with Gasteiger partial charge in [0.25, 0.3) is 11.6 Å². The van der Waals surface area contributed by atoms with Gasteiger partial charge in [0, 0.05) is 32.0 Å². The van der Waals surface area contributed by atoms with Crippen molar-refractivity contribution in [3.05, 3.63) is 33.9 Å². The SMILES string of the molecule is COC1CCN(C(=O)c2cc(NN)ccc2[N+](=O)[O-])C1. The van der Waals surface area contributed by atoms with Gasteiger partial charge in [0.05, 0.1) is 11.0 Å². The molecule has 0 aromatic heterocycles. The molecular weight excluding hydrogens is 264 g/mol. The van der Waals surface area contributed by atoms with E-state index in [-0.39, 0.29) is 23.3 Å². The molecule has 1 atom stereocenters. The number of amides is 1. The van der Waals surface area contributed by atoms with Crippen molar-refractivity contribution in [3.8, 4) is 0 Å². The molecule has 2 rings (SSSR count). The first kappa shape index (κ1) is 14.2. The maximum absolute atomic E-state index is 12.4. The number of benzene rings is 1. The van der Waals surface area contributed by atoms with E-state index in [9.17, 15) is 14.9 Å². The lowest BCUT2D eigenvalue weighted by Crippen LogP contribution is -2.30. The molecule has 1 amide bonds. The minimum absolute atomic E-state index is 0.0196. The van der Waals surface area contributed by atoms with Crippen molar-refractivity contribution in [2.75, 3.05) is 25.6 Å². The molecule has 0 aliphatic carbocycles. The second-order valence-electron chi connectivity index (χ2n) is 4.53. The van der Waals surface area contributed by atoms with E-state index in [4.69, 9.17) is 10.6 Å². The van der Waals surface area contributed by atoms with Gasteiger partial charge in [-0.25, -0.2) is 0 Å². The molecule has 1 fully saturated rings. The van der Waals surface area contributed by atoms with Crippen molar-refractivity contribution in [1.82, 2.24) is 4.90 Å². The van der Waals surface area contributed by atoms with Crippen molar-refractivity contribution in [2.24, 2.45) is 5.84 Å². The zero-order valence-corrected chi connectivity index (χ0v) is 11.0. The first-order chi connectivity index (χ1) is 9.56. The average molecular weight is 280 g/mol. The molecule has 1 aliphatic rings. The minimum Gasteiger partial charge on any atom is -0.380 e. The highest BCUT2D eigenvalue weighted by atomic mass is 16.6. The normalized spacial score (nSPS) is 18.1. The number of hydrogen-bond acceptors (Lipinski definition) is 6. The second-order valence-corrected chi connectivity index (χ2v) is 4.53. The molecule has 0 spiro atoms. The van der Waals surface area contributed by atoms with Gasteiger partial charge in [-0.3, -0.25) is 20.8 Å². The molecule has 1 aromatic rings. The fourth-order valence-electron chi connectivity index (χ4n) is 2.23. The molecule has 0 saturated carbocycles. The summed E-state index contributed by atoms with van der Waals surface area (Å²) in [7, 11) is 1.58. The molecule has 1 aromatic carbocycles. The molecule has 108 valence electrons. The standard InChI is InChI=1S/C12H16N4O4/c1-20-9-4-5-15(7-9)12(17)10-6-8(14-13)2-3-11(10)16(18)19/h2-3,6,9,14H,4-5,7,13H2,1H3. The fraction of sp³-hybridized carbons (Fsp3) is 0.417. The van der Waals surface area contributed by atoms with Crippen LogP contribution in [0.5, 0.6) is 0 Å². The Labute approximate surface area is 115 Å². The van der Waals surface area contributed by atoms with E-state index in [0.717, 1.165) is 6.42 Å².